The van der Waals surface area contributed by atoms with E-state index in [1.54, 1.807) is 12.1 Å². The van der Waals surface area contributed by atoms with Crippen LogP contribution in [0.4, 0.5) is 10.1 Å². The molecule has 1 saturated heterocycles. The molecule has 1 aliphatic heterocycles. The summed E-state index contributed by atoms with van der Waals surface area (Å²) in [4.78, 5) is 22.4. The van der Waals surface area contributed by atoms with E-state index in [9.17, 15) is 9.18 Å². The molecule has 2 N–H and O–H groups in total. The fourth-order valence-electron chi connectivity index (χ4n) is 3.62. The predicted molar refractivity (Wildman–Crippen MR) is 100 cm³/mol. The molecule has 0 bridgehead atoms. The van der Waals surface area contributed by atoms with Crippen LogP contribution in [0.15, 0.2) is 36.4 Å². The third kappa shape index (κ3) is 3.03. The monoisotopic (exact) mass is 352 g/mol. The van der Waals surface area contributed by atoms with E-state index < -0.39 is 0 Å². The topological polar surface area (TPSA) is 61.0 Å². The number of likely N-dealkylation sites (tertiary alicyclic amines) is 1. The van der Waals surface area contributed by atoms with Gasteiger partial charge in [-0.1, -0.05) is 0 Å². The van der Waals surface area contributed by atoms with E-state index in [1.165, 1.54) is 12.1 Å². The SMILES string of the molecule is CNc1cc(C)nc([C@H]2CCN(C(=O)c3cc4cc(F)ccc4[nH]3)C2)c1. The van der Waals surface area contributed by atoms with Crippen LogP contribution < -0.4 is 5.32 Å². The van der Waals surface area contributed by atoms with Gasteiger partial charge in [0.05, 0.1) is 0 Å². The number of H-pyrrole nitrogens is 1. The van der Waals surface area contributed by atoms with Crippen molar-refractivity contribution in [2.45, 2.75) is 19.3 Å². The van der Waals surface area contributed by atoms with Crippen LogP contribution in [-0.4, -0.2) is 40.9 Å². The molecule has 0 saturated carbocycles. The maximum absolute atomic E-state index is 13.4. The Morgan fingerprint density at radius 3 is 2.96 bits per heavy atom. The fourth-order valence-corrected chi connectivity index (χ4v) is 3.62. The van der Waals surface area contributed by atoms with Gasteiger partial charge in [0.1, 0.15) is 11.5 Å². The molecule has 0 unspecified atom stereocenters. The van der Waals surface area contributed by atoms with E-state index >= 15 is 0 Å². The largest absolute Gasteiger partial charge is 0.388 e. The number of aryl methyl sites for hydroxylation is 1. The Hall–Kier alpha value is -2.89. The van der Waals surface area contributed by atoms with Crippen LogP contribution in [0, 0.1) is 12.7 Å². The number of nitrogens with one attached hydrogen (secondary N) is 2. The number of rotatable bonds is 3. The summed E-state index contributed by atoms with van der Waals surface area (Å²) in [6.07, 6.45) is 0.889. The van der Waals surface area contributed by atoms with E-state index in [1.807, 2.05) is 24.9 Å². The standard InChI is InChI=1S/C20H21FN4O/c1-12-7-16(22-2)10-18(23-12)13-5-6-25(11-13)20(26)19-9-14-8-15(21)3-4-17(14)24-19/h3-4,7-10,13,24H,5-6,11H2,1-2H3,(H,22,23)/t13-/m0/s1. The number of nitrogens with zero attached hydrogens (tertiary/aromatic N) is 2. The van der Waals surface area contributed by atoms with Gasteiger partial charge >= 0.3 is 0 Å². The summed E-state index contributed by atoms with van der Waals surface area (Å²) in [6.45, 7) is 3.31. The summed E-state index contributed by atoms with van der Waals surface area (Å²) in [5.41, 5.74) is 4.29. The number of hydrogen-bond acceptors (Lipinski definition) is 3. The highest BCUT2D eigenvalue weighted by molar-refractivity contribution is 5.98. The lowest BCUT2D eigenvalue weighted by atomic mass is 10.0. The molecule has 1 amide bonds. The van der Waals surface area contributed by atoms with Gasteiger partial charge in [-0.3, -0.25) is 9.78 Å². The Labute approximate surface area is 151 Å². The molecular formula is C20H21FN4O. The number of pyridine rings is 1. The summed E-state index contributed by atoms with van der Waals surface area (Å²) in [5, 5.41) is 3.87. The van der Waals surface area contributed by atoms with Gasteiger partial charge in [0.25, 0.3) is 5.91 Å². The molecule has 4 rings (SSSR count). The third-order valence-corrected chi connectivity index (χ3v) is 4.97. The number of aromatic amines is 1. The Morgan fingerprint density at radius 2 is 2.15 bits per heavy atom. The van der Waals surface area contributed by atoms with Crippen LogP contribution in [0.2, 0.25) is 0 Å². The number of carbonyl (C=O) groups excluding carboxylic acids is 1. The zero-order chi connectivity index (χ0) is 18.3. The minimum Gasteiger partial charge on any atom is -0.388 e. The van der Waals surface area contributed by atoms with Crippen LogP contribution in [-0.2, 0) is 0 Å². The van der Waals surface area contributed by atoms with Crippen molar-refractivity contribution < 1.29 is 9.18 Å². The van der Waals surface area contributed by atoms with Crippen LogP contribution in [0.25, 0.3) is 10.9 Å². The summed E-state index contributed by atoms with van der Waals surface area (Å²) >= 11 is 0. The second kappa shape index (κ2) is 6.44. The van der Waals surface area contributed by atoms with E-state index in [2.05, 4.69) is 21.4 Å². The number of aromatic nitrogens is 2. The molecule has 5 nitrogen and oxygen atoms in total. The number of fused-ring (bicyclic) bond motifs is 1. The molecule has 0 spiro atoms. The first kappa shape index (κ1) is 16.6. The zero-order valence-electron chi connectivity index (χ0n) is 14.8. The van der Waals surface area contributed by atoms with Crippen molar-refractivity contribution in [2.24, 2.45) is 0 Å². The number of carbonyl (C=O) groups is 1. The molecular weight excluding hydrogens is 331 g/mol. The van der Waals surface area contributed by atoms with Crippen molar-refractivity contribution in [3.63, 3.8) is 0 Å². The number of hydrogen-bond donors (Lipinski definition) is 2. The lowest BCUT2D eigenvalue weighted by molar-refractivity contribution is 0.0786. The number of benzene rings is 1. The highest BCUT2D eigenvalue weighted by Gasteiger charge is 2.29. The molecule has 1 fully saturated rings. The van der Waals surface area contributed by atoms with E-state index in [-0.39, 0.29) is 17.6 Å². The van der Waals surface area contributed by atoms with Crippen LogP contribution >= 0.6 is 0 Å². The molecule has 6 heteroatoms. The molecule has 3 heterocycles. The summed E-state index contributed by atoms with van der Waals surface area (Å²) in [6, 6.07) is 10.3. The zero-order valence-corrected chi connectivity index (χ0v) is 14.8. The average Bonchev–Trinajstić information content (AvgIpc) is 3.27. The van der Waals surface area contributed by atoms with Crippen LogP contribution in [0.5, 0.6) is 0 Å². The minimum atomic E-state index is -0.303. The average molecular weight is 352 g/mol. The summed E-state index contributed by atoms with van der Waals surface area (Å²) in [5.74, 6) is -0.124. The molecule has 1 aromatic carbocycles. The molecule has 3 aromatic rings. The molecule has 1 aliphatic rings. The summed E-state index contributed by atoms with van der Waals surface area (Å²) < 4.78 is 13.4. The van der Waals surface area contributed by atoms with Gasteiger partial charge in [0.15, 0.2) is 0 Å². The smallest absolute Gasteiger partial charge is 0.270 e. The van der Waals surface area contributed by atoms with E-state index in [4.69, 9.17) is 0 Å². The second-order valence-corrected chi connectivity index (χ2v) is 6.82. The van der Waals surface area contributed by atoms with Crippen LogP contribution in [0.3, 0.4) is 0 Å². The molecule has 134 valence electrons. The Bertz CT molecular complexity index is 981. The first-order chi connectivity index (χ1) is 12.5. The number of halogens is 1. The molecule has 0 radical (unpaired) electrons. The number of anilines is 1. The van der Waals surface area contributed by atoms with Gasteiger partial charge in [-0.05, 0) is 49.7 Å². The lowest BCUT2D eigenvalue weighted by Crippen LogP contribution is -2.28. The third-order valence-electron chi connectivity index (χ3n) is 4.97. The van der Waals surface area contributed by atoms with E-state index in [0.29, 0.717) is 24.2 Å². The molecule has 0 aliphatic carbocycles. The summed E-state index contributed by atoms with van der Waals surface area (Å²) in [7, 11) is 1.89. The fraction of sp³-hybridized carbons (Fsp3) is 0.300. The number of amides is 1. The van der Waals surface area contributed by atoms with Gasteiger partial charge in [-0.15, -0.1) is 0 Å². The Morgan fingerprint density at radius 1 is 1.31 bits per heavy atom. The maximum Gasteiger partial charge on any atom is 0.270 e. The minimum absolute atomic E-state index is 0.0504. The second-order valence-electron chi connectivity index (χ2n) is 6.82. The first-order valence-electron chi connectivity index (χ1n) is 8.77. The van der Waals surface area contributed by atoms with Crippen molar-refractivity contribution in [3.05, 3.63) is 59.3 Å². The quantitative estimate of drug-likeness (QED) is 0.756. The van der Waals surface area contributed by atoms with Crippen molar-refractivity contribution >= 4 is 22.5 Å². The van der Waals surface area contributed by atoms with Gasteiger partial charge in [-0.25, -0.2) is 4.39 Å². The predicted octanol–water partition coefficient (Wildman–Crippen LogP) is 3.68. The van der Waals surface area contributed by atoms with Gasteiger partial charge in [0, 0.05) is 54.0 Å². The van der Waals surface area contributed by atoms with Gasteiger partial charge in [-0.2, -0.15) is 0 Å². The van der Waals surface area contributed by atoms with Crippen LogP contribution in [0.1, 0.15) is 34.2 Å². The van der Waals surface area contributed by atoms with Crippen molar-refractivity contribution in [3.8, 4) is 0 Å². The molecule has 26 heavy (non-hydrogen) atoms. The Kier molecular flexibility index (Phi) is 4.11. The normalized spacial score (nSPS) is 17.0. The first-order valence-corrected chi connectivity index (χ1v) is 8.77. The maximum atomic E-state index is 13.4. The highest BCUT2D eigenvalue weighted by Crippen LogP contribution is 2.29. The van der Waals surface area contributed by atoms with E-state index in [0.717, 1.165) is 29.0 Å². The lowest BCUT2D eigenvalue weighted by Gasteiger charge is -2.16. The molecule has 1 atom stereocenters. The van der Waals surface area contributed by atoms with Gasteiger partial charge in [0.2, 0.25) is 0 Å². The molecule has 2 aromatic heterocycles. The highest BCUT2D eigenvalue weighted by atomic mass is 19.1. The Balaban J connectivity index is 1.54. The van der Waals surface area contributed by atoms with Gasteiger partial charge < -0.3 is 15.2 Å². The van der Waals surface area contributed by atoms with Crippen molar-refractivity contribution in [2.75, 3.05) is 25.5 Å². The van der Waals surface area contributed by atoms with Crippen molar-refractivity contribution in [1.29, 1.82) is 0 Å². The van der Waals surface area contributed by atoms with Crippen molar-refractivity contribution in [1.82, 2.24) is 14.9 Å².